The first-order chi connectivity index (χ1) is 11.0. The van der Waals surface area contributed by atoms with Crippen molar-refractivity contribution in [1.82, 2.24) is 10.2 Å². The molecule has 7 nitrogen and oxygen atoms in total. The number of nitrogens with zero attached hydrogens (tertiary/aromatic N) is 1. The number of thioether (sulfide) groups is 1. The lowest BCUT2D eigenvalue weighted by Crippen LogP contribution is -2.38. The van der Waals surface area contributed by atoms with Gasteiger partial charge in [-0.25, -0.2) is 4.79 Å². The maximum Gasteiger partial charge on any atom is 0.338 e. The summed E-state index contributed by atoms with van der Waals surface area (Å²) in [5.74, 6) is -0.841. The predicted octanol–water partition coefficient (Wildman–Crippen LogP) is 0.525. The molecule has 1 fully saturated rings. The molecule has 23 heavy (non-hydrogen) atoms. The molecule has 1 aliphatic rings. The van der Waals surface area contributed by atoms with Gasteiger partial charge < -0.3 is 15.2 Å². The standard InChI is InChI=1S/C14H14N2O5S2/c17-10-3-1-9(2-4-10)13(20)21-7-11(18)15-5-6-16-12(19)8-23-14(16)22/h1-4,17H,5-8H2,(H,15,18). The smallest absolute Gasteiger partial charge is 0.338 e. The SMILES string of the molecule is O=C(COC(=O)c1ccc(O)cc1)NCCN1C(=O)CSC1=S. The quantitative estimate of drug-likeness (QED) is 0.568. The minimum Gasteiger partial charge on any atom is -0.508 e. The minimum atomic E-state index is -0.660. The molecule has 0 saturated carbocycles. The molecule has 0 bridgehead atoms. The summed E-state index contributed by atoms with van der Waals surface area (Å²) in [6.45, 7) is 0.0944. The van der Waals surface area contributed by atoms with Crippen molar-refractivity contribution in [3.05, 3.63) is 29.8 Å². The molecule has 1 heterocycles. The van der Waals surface area contributed by atoms with E-state index in [-0.39, 0.29) is 23.8 Å². The molecule has 1 aliphatic heterocycles. The minimum absolute atomic E-state index is 0.0341. The van der Waals surface area contributed by atoms with Gasteiger partial charge in [-0.2, -0.15) is 0 Å². The number of hydrogen-bond acceptors (Lipinski definition) is 7. The van der Waals surface area contributed by atoms with Crippen molar-refractivity contribution in [1.29, 1.82) is 0 Å². The van der Waals surface area contributed by atoms with Crippen molar-refractivity contribution in [3.63, 3.8) is 0 Å². The Kier molecular flexibility index (Phi) is 5.94. The molecule has 2 amide bonds. The number of esters is 1. The van der Waals surface area contributed by atoms with Gasteiger partial charge in [0.15, 0.2) is 6.61 Å². The molecule has 2 rings (SSSR count). The topological polar surface area (TPSA) is 95.9 Å². The Morgan fingerprint density at radius 2 is 2.04 bits per heavy atom. The number of carbonyl (C=O) groups is 3. The van der Waals surface area contributed by atoms with E-state index in [2.05, 4.69) is 5.32 Å². The van der Waals surface area contributed by atoms with Crippen molar-refractivity contribution in [2.75, 3.05) is 25.4 Å². The van der Waals surface area contributed by atoms with Crippen molar-refractivity contribution >= 4 is 46.1 Å². The summed E-state index contributed by atoms with van der Waals surface area (Å²) < 4.78 is 5.35. The molecule has 0 radical (unpaired) electrons. The van der Waals surface area contributed by atoms with Gasteiger partial charge in [0, 0.05) is 13.1 Å². The number of amides is 2. The highest BCUT2D eigenvalue weighted by atomic mass is 32.2. The van der Waals surface area contributed by atoms with Crippen LogP contribution in [0.15, 0.2) is 24.3 Å². The maximum absolute atomic E-state index is 11.7. The third-order valence-corrected chi connectivity index (χ3v) is 4.37. The fraction of sp³-hybridized carbons (Fsp3) is 0.286. The first kappa shape index (κ1) is 17.2. The van der Waals surface area contributed by atoms with E-state index in [9.17, 15) is 14.4 Å². The third-order valence-electron chi connectivity index (χ3n) is 2.94. The van der Waals surface area contributed by atoms with Crippen LogP contribution in [0.1, 0.15) is 10.4 Å². The first-order valence-electron chi connectivity index (χ1n) is 6.67. The molecule has 1 aromatic rings. The Hall–Kier alpha value is -2.13. The number of ether oxygens (including phenoxy) is 1. The van der Waals surface area contributed by atoms with Crippen molar-refractivity contribution < 1.29 is 24.2 Å². The van der Waals surface area contributed by atoms with Crippen LogP contribution < -0.4 is 5.32 Å². The Morgan fingerprint density at radius 3 is 2.65 bits per heavy atom. The zero-order valence-corrected chi connectivity index (χ0v) is 13.6. The zero-order chi connectivity index (χ0) is 16.8. The number of benzene rings is 1. The monoisotopic (exact) mass is 354 g/mol. The fourth-order valence-electron chi connectivity index (χ4n) is 1.77. The normalized spacial score (nSPS) is 14.0. The number of carbonyl (C=O) groups excluding carboxylic acids is 3. The Balaban J connectivity index is 1.69. The number of aromatic hydroxyl groups is 1. The van der Waals surface area contributed by atoms with Crippen molar-refractivity contribution in [2.24, 2.45) is 0 Å². The molecule has 122 valence electrons. The van der Waals surface area contributed by atoms with Gasteiger partial charge in [-0.3, -0.25) is 14.5 Å². The largest absolute Gasteiger partial charge is 0.508 e. The summed E-state index contributed by atoms with van der Waals surface area (Å²) in [4.78, 5) is 36.2. The van der Waals surface area contributed by atoms with Crippen LogP contribution in [0.2, 0.25) is 0 Å². The van der Waals surface area contributed by atoms with Crippen molar-refractivity contribution in [2.45, 2.75) is 0 Å². The summed E-state index contributed by atoms with van der Waals surface area (Å²) in [6.07, 6.45) is 0. The van der Waals surface area contributed by atoms with Gasteiger partial charge in [-0.15, -0.1) is 0 Å². The molecule has 1 saturated heterocycles. The Labute approximate surface area is 142 Å². The fourth-order valence-corrected chi connectivity index (χ4v) is 2.89. The van der Waals surface area contributed by atoms with Crippen LogP contribution in [-0.2, 0) is 14.3 Å². The summed E-state index contributed by atoms with van der Waals surface area (Å²) in [5, 5.41) is 11.7. The van der Waals surface area contributed by atoms with E-state index in [1.54, 1.807) is 0 Å². The molecular formula is C14H14N2O5S2. The second-order valence-electron chi connectivity index (χ2n) is 4.57. The summed E-state index contributed by atoms with van der Waals surface area (Å²) >= 11 is 6.31. The summed E-state index contributed by atoms with van der Waals surface area (Å²) in [7, 11) is 0. The van der Waals surface area contributed by atoms with Gasteiger partial charge in [-0.1, -0.05) is 24.0 Å². The summed E-state index contributed by atoms with van der Waals surface area (Å²) in [5.41, 5.74) is 0.237. The molecule has 0 atom stereocenters. The van der Waals surface area contributed by atoms with E-state index < -0.39 is 18.5 Å². The molecule has 2 N–H and O–H groups in total. The van der Waals surface area contributed by atoms with Crippen LogP contribution in [0.5, 0.6) is 5.75 Å². The molecule has 1 aromatic carbocycles. The van der Waals surface area contributed by atoms with E-state index in [1.807, 2.05) is 0 Å². The molecule has 0 unspecified atom stereocenters. The van der Waals surface area contributed by atoms with Crippen LogP contribution in [0.25, 0.3) is 0 Å². The summed E-state index contributed by atoms with van der Waals surface area (Å²) in [6, 6.07) is 5.50. The lowest BCUT2D eigenvalue weighted by atomic mass is 10.2. The number of phenols is 1. The van der Waals surface area contributed by atoms with Gasteiger partial charge in [0.1, 0.15) is 10.1 Å². The maximum atomic E-state index is 11.7. The Morgan fingerprint density at radius 1 is 1.35 bits per heavy atom. The molecule has 0 aromatic heterocycles. The Bertz CT molecular complexity index is 617. The molecule has 9 heteroatoms. The van der Waals surface area contributed by atoms with E-state index >= 15 is 0 Å². The average molecular weight is 354 g/mol. The van der Waals surface area contributed by atoms with Crippen LogP contribution in [0.3, 0.4) is 0 Å². The van der Waals surface area contributed by atoms with Crippen LogP contribution in [-0.4, -0.2) is 57.6 Å². The van der Waals surface area contributed by atoms with Gasteiger partial charge >= 0.3 is 5.97 Å². The number of hydrogen-bond donors (Lipinski definition) is 2. The van der Waals surface area contributed by atoms with Gasteiger partial charge in [0.2, 0.25) is 5.91 Å². The number of nitrogens with one attached hydrogen (secondary N) is 1. The highest BCUT2D eigenvalue weighted by Crippen LogP contribution is 2.18. The van der Waals surface area contributed by atoms with E-state index in [4.69, 9.17) is 22.1 Å². The zero-order valence-electron chi connectivity index (χ0n) is 12.0. The highest BCUT2D eigenvalue weighted by Gasteiger charge is 2.25. The van der Waals surface area contributed by atoms with Crippen LogP contribution in [0, 0.1) is 0 Å². The van der Waals surface area contributed by atoms with Gasteiger partial charge in [0.05, 0.1) is 11.3 Å². The lowest BCUT2D eigenvalue weighted by Gasteiger charge is -2.15. The second-order valence-corrected chi connectivity index (χ2v) is 6.18. The van der Waals surface area contributed by atoms with Crippen LogP contribution in [0.4, 0.5) is 0 Å². The van der Waals surface area contributed by atoms with Gasteiger partial charge in [0.25, 0.3) is 5.91 Å². The first-order valence-corrected chi connectivity index (χ1v) is 8.07. The molecular weight excluding hydrogens is 340 g/mol. The van der Waals surface area contributed by atoms with E-state index in [0.717, 1.165) is 0 Å². The van der Waals surface area contributed by atoms with Crippen LogP contribution >= 0.6 is 24.0 Å². The average Bonchev–Trinajstić information content (AvgIpc) is 2.85. The number of phenolic OH excluding ortho intramolecular Hbond substituents is 1. The van der Waals surface area contributed by atoms with Crippen molar-refractivity contribution in [3.8, 4) is 5.75 Å². The lowest BCUT2D eigenvalue weighted by molar-refractivity contribution is -0.126. The predicted molar refractivity (Wildman–Crippen MR) is 88.2 cm³/mol. The van der Waals surface area contributed by atoms with E-state index in [0.29, 0.717) is 16.6 Å². The highest BCUT2D eigenvalue weighted by molar-refractivity contribution is 8.23. The molecule has 0 aliphatic carbocycles. The second kappa shape index (κ2) is 7.93. The van der Waals surface area contributed by atoms with Gasteiger partial charge in [-0.05, 0) is 24.3 Å². The van der Waals surface area contributed by atoms with E-state index in [1.165, 1.54) is 40.9 Å². The molecule has 0 spiro atoms. The number of thiocarbonyl (C=S) groups is 1. The third kappa shape index (κ3) is 4.93. The number of rotatable bonds is 6.